The summed E-state index contributed by atoms with van der Waals surface area (Å²) in [6.45, 7) is 2.31. The smallest absolute Gasteiger partial charge is 0.159 e. The maximum atomic E-state index is 9.61. The van der Waals surface area contributed by atoms with Gasteiger partial charge in [0.25, 0.3) is 0 Å². The van der Waals surface area contributed by atoms with E-state index in [1.165, 1.54) is 14.2 Å². The Hall–Kier alpha value is -0.280. The minimum Gasteiger partial charge on any atom is -0.394 e. The average Bonchev–Trinajstić information content (AvgIpc) is 2.43. The number of rotatable bonds is 14. The molecule has 0 aromatic rings. The Morgan fingerprint density at radius 1 is 0.842 bits per heavy atom. The van der Waals surface area contributed by atoms with Crippen LogP contribution in [-0.2, 0) is 23.7 Å². The first-order chi connectivity index (χ1) is 9.24. The van der Waals surface area contributed by atoms with E-state index < -0.39 is 12.4 Å². The van der Waals surface area contributed by atoms with Crippen molar-refractivity contribution >= 4 is 0 Å². The van der Waals surface area contributed by atoms with Gasteiger partial charge in [0.2, 0.25) is 0 Å². The van der Waals surface area contributed by atoms with Gasteiger partial charge in [0.15, 0.2) is 6.29 Å². The van der Waals surface area contributed by atoms with E-state index in [-0.39, 0.29) is 13.2 Å². The highest BCUT2D eigenvalue weighted by Gasteiger charge is 2.12. The molecule has 0 radical (unpaired) electrons. The Morgan fingerprint density at radius 2 is 1.37 bits per heavy atom. The summed E-state index contributed by atoms with van der Waals surface area (Å²) in [7, 11) is 3.04. The van der Waals surface area contributed by atoms with Crippen molar-refractivity contribution in [1.29, 1.82) is 0 Å². The number of aliphatic hydroxyl groups excluding tert-OH is 2. The van der Waals surface area contributed by atoms with Crippen LogP contribution in [0.15, 0.2) is 0 Å². The molecular formula is C12H26O7. The van der Waals surface area contributed by atoms with Gasteiger partial charge in [0.1, 0.15) is 0 Å². The van der Waals surface area contributed by atoms with Crippen LogP contribution in [0.5, 0.6) is 0 Å². The molecule has 19 heavy (non-hydrogen) atoms. The zero-order valence-electron chi connectivity index (χ0n) is 11.7. The zero-order chi connectivity index (χ0) is 14.3. The molecule has 1 unspecified atom stereocenters. The van der Waals surface area contributed by atoms with Crippen LogP contribution in [0.25, 0.3) is 0 Å². The summed E-state index contributed by atoms with van der Waals surface area (Å²) in [5.74, 6) is 0. The Kier molecular flexibility index (Phi) is 13.9. The van der Waals surface area contributed by atoms with Crippen LogP contribution in [-0.4, -0.2) is 83.1 Å². The molecule has 0 amide bonds. The van der Waals surface area contributed by atoms with Gasteiger partial charge in [-0.05, 0) is 0 Å². The summed E-state index contributed by atoms with van der Waals surface area (Å²) in [6.07, 6.45) is -0.681. The lowest BCUT2D eigenvalue weighted by molar-refractivity contribution is -0.129. The third-order valence-electron chi connectivity index (χ3n) is 2.28. The van der Waals surface area contributed by atoms with Gasteiger partial charge in [0.05, 0.1) is 52.4 Å². The van der Waals surface area contributed by atoms with Gasteiger partial charge < -0.3 is 33.9 Å². The molecule has 0 aliphatic carbocycles. The number of methoxy groups -OCH3 is 2. The maximum absolute atomic E-state index is 9.61. The van der Waals surface area contributed by atoms with Crippen molar-refractivity contribution in [2.75, 3.05) is 60.5 Å². The SMILES string of the molecule is COC(CC(O)COCCOCCOCCO)OC. The topological polar surface area (TPSA) is 86.6 Å². The summed E-state index contributed by atoms with van der Waals surface area (Å²) in [5.41, 5.74) is 0. The fourth-order valence-corrected chi connectivity index (χ4v) is 1.30. The fraction of sp³-hybridized carbons (Fsp3) is 1.00. The van der Waals surface area contributed by atoms with Crippen molar-refractivity contribution in [2.24, 2.45) is 0 Å². The largest absolute Gasteiger partial charge is 0.394 e. The van der Waals surface area contributed by atoms with E-state index in [0.717, 1.165) is 0 Å². The van der Waals surface area contributed by atoms with Crippen molar-refractivity contribution < 1.29 is 33.9 Å². The Balaban J connectivity index is 3.24. The summed E-state index contributed by atoms with van der Waals surface area (Å²) in [4.78, 5) is 0. The van der Waals surface area contributed by atoms with E-state index in [1.54, 1.807) is 0 Å². The van der Waals surface area contributed by atoms with Crippen LogP contribution in [0, 0.1) is 0 Å². The van der Waals surface area contributed by atoms with Gasteiger partial charge in [-0.25, -0.2) is 0 Å². The standard InChI is InChI=1S/C12H26O7/c1-15-12(16-2)9-11(14)10-19-8-7-18-6-5-17-4-3-13/h11-14H,3-10H2,1-2H3. The van der Waals surface area contributed by atoms with Crippen LogP contribution in [0.3, 0.4) is 0 Å². The molecule has 0 aliphatic rings. The van der Waals surface area contributed by atoms with Crippen LogP contribution in [0.4, 0.5) is 0 Å². The number of hydrogen-bond acceptors (Lipinski definition) is 7. The van der Waals surface area contributed by atoms with E-state index in [4.69, 9.17) is 28.8 Å². The molecule has 0 saturated heterocycles. The second-order valence-electron chi connectivity index (χ2n) is 3.81. The first kappa shape index (κ1) is 18.7. The van der Waals surface area contributed by atoms with Crippen LogP contribution < -0.4 is 0 Å². The van der Waals surface area contributed by atoms with Crippen molar-refractivity contribution in [3.63, 3.8) is 0 Å². The third-order valence-corrected chi connectivity index (χ3v) is 2.28. The number of aliphatic hydroxyl groups is 2. The maximum Gasteiger partial charge on any atom is 0.159 e. The quantitative estimate of drug-likeness (QED) is 0.325. The highest BCUT2D eigenvalue weighted by atomic mass is 16.7. The van der Waals surface area contributed by atoms with Gasteiger partial charge in [-0.1, -0.05) is 0 Å². The first-order valence-corrected chi connectivity index (χ1v) is 6.32. The minimum absolute atomic E-state index is 0.0188. The number of hydrogen-bond donors (Lipinski definition) is 2. The predicted molar refractivity (Wildman–Crippen MR) is 68.0 cm³/mol. The van der Waals surface area contributed by atoms with E-state index in [2.05, 4.69) is 0 Å². The second-order valence-corrected chi connectivity index (χ2v) is 3.81. The molecule has 0 saturated carbocycles. The summed E-state index contributed by atoms with van der Waals surface area (Å²) in [6, 6.07) is 0. The van der Waals surface area contributed by atoms with Gasteiger partial charge in [0, 0.05) is 20.6 Å². The molecule has 0 bridgehead atoms. The van der Waals surface area contributed by atoms with E-state index in [9.17, 15) is 5.11 Å². The molecule has 7 heteroatoms. The Morgan fingerprint density at radius 3 is 1.89 bits per heavy atom. The van der Waals surface area contributed by atoms with Crippen LogP contribution >= 0.6 is 0 Å². The average molecular weight is 282 g/mol. The molecule has 0 rings (SSSR count). The summed E-state index contributed by atoms with van der Waals surface area (Å²) in [5, 5.41) is 18.1. The van der Waals surface area contributed by atoms with Crippen LogP contribution in [0.1, 0.15) is 6.42 Å². The van der Waals surface area contributed by atoms with E-state index in [0.29, 0.717) is 39.5 Å². The highest BCUT2D eigenvalue weighted by Crippen LogP contribution is 2.03. The Bertz CT molecular complexity index is 175. The monoisotopic (exact) mass is 282 g/mol. The zero-order valence-corrected chi connectivity index (χ0v) is 11.7. The Labute approximate surface area is 114 Å². The predicted octanol–water partition coefficient (Wildman–Crippen LogP) is -0.602. The molecular weight excluding hydrogens is 256 g/mol. The highest BCUT2D eigenvalue weighted by molar-refractivity contribution is 4.56. The summed E-state index contributed by atoms with van der Waals surface area (Å²) >= 11 is 0. The molecule has 1 atom stereocenters. The van der Waals surface area contributed by atoms with Crippen molar-refractivity contribution in [2.45, 2.75) is 18.8 Å². The van der Waals surface area contributed by atoms with Gasteiger partial charge >= 0.3 is 0 Å². The molecule has 0 fully saturated rings. The molecule has 0 aromatic heterocycles. The van der Waals surface area contributed by atoms with Gasteiger partial charge in [-0.3, -0.25) is 0 Å². The molecule has 0 spiro atoms. The minimum atomic E-state index is -0.627. The molecule has 0 aliphatic heterocycles. The van der Waals surface area contributed by atoms with Crippen molar-refractivity contribution in [3.05, 3.63) is 0 Å². The second kappa shape index (κ2) is 14.1. The summed E-state index contributed by atoms with van der Waals surface area (Å²) < 4.78 is 25.4. The third kappa shape index (κ3) is 12.5. The van der Waals surface area contributed by atoms with Gasteiger partial charge in [-0.2, -0.15) is 0 Å². The fourth-order valence-electron chi connectivity index (χ4n) is 1.30. The molecule has 0 aromatic carbocycles. The van der Waals surface area contributed by atoms with Crippen molar-refractivity contribution in [1.82, 2.24) is 0 Å². The van der Waals surface area contributed by atoms with Gasteiger partial charge in [-0.15, -0.1) is 0 Å². The molecule has 116 valence electrons. The lowest BCUT2D eigenvalue weighted by Gasteiger charge is -2.17. The van der Waals surface area contributed by atoms with Crippen molar-refractivity contribution in [3.8, 4) is 0 Å². The van der Waals surface area contributed by atoms with E-state index >= 15 is 0 Å². The number of ether oxygens (including phenoxy) is 5. The lowest BCUT2D eigenvalue weighted by atomic mass is 10.2. The lowest BCUT2D eigenvalue weighted by Crippen LogP contribution is -2.25. The molecule has 7 nitrogen and oxygen atoms in total. The van der Waals surface area contributed by atoms with E-state index in [1.807, 2.05) is 0 Å². The normalized spacial score (nSPS) is 13.1. The first-order valence-electron chi connectivity index (χ1n) is 6.32. The van der Waals surface area contributed by atoms with Crippen LogP contribution in [0.2, 0.25) is 0 Å². The molecule has 2 N–H and O–H groups in total. The molecule has 0 heterocycles.